The van der Waals surface area contributed by atoms with E-state index >= 15 is 0 Å². The molecule has 7 heteroatoms. The van der Waals surface area contributed by atoms with E-state index in [1.807, 2.05) is 0 Å². The number of aromatic nitrogens is 2. The average molecular weight is 196 g/mol. The van der Waals surface area contributed by atoms with Crippen molar-refractivity contribution >= 4 is 11.6 Å². The number of carbonyl (C=O) groups is 1. The summed E-state index contributed by atoms with van der Waals surface area (Å²) in [5.74, 6) is -0.444. The normalized spacial score (nSPS) is 9.57. The van der Waals surface area contributed by atoms with Gasteiger partial charge in [-0.3, -0.25) is 14.9 Å². The van der Waals surface area contributed by atoms with Gasteiger partial charge in [0.25, 0.3) is 5.91 Å². The summed E-state index contributed by atoms with van der Waals surface area (Å²) in [6.45, 7) is 0. The van der Waals surface area contributed by atoms with E-state index in [0.717, 1.165) is 12.4 Å². The first-order chi connectivity index (χ1) is 6.52. The molecule has 0 aliphatic carbocycles. The molecule has 1 amide bonds. The molecule has 0 bridgehead atoms. The summed E-state index contributed by atoms with van der Waals surface area (Å²) in [7, 11) is 3.10. The van der Waals surface area contributed by atoms with E-state index < -0.39 is 4.92 Å². The van der Waals surface area contributed by atoms with Gasteiger partial charge < -0.3 is 4.90 Å². The Hall–Kier alpha value is -2.05. The van der Waals surface area contributed by atoms with Crippen LogP contribution in [-0.4, -0.2) is 39.8 Å². The van der Waals surface area contributed by atoms with E-state index in [2.05, 4.69) is 9.97 Å². The number of carbonyl (C=O) groups excluding carboxylic acids is 1. The molecule has 0 aliphatic rings. The Morgan fingerprint density at radius 1 is 1.43 bits per heavy atom. The highest BCUT2D eigenvalue weighted by atomic mass is 16.6. The SMILES string of the molecule is CN(C)C(=O)c1ncc([N+](=O)[O-])cn1. The predicted molar refractivity (Wildman–Crippen MR) is 46.7 cm³/mol. The molecule has 1 aromatic rings. The van der Waals surface area contributed by atoms with Gasteiger partial charge in [-0.25, -0.2) is 9.97 Å². The van der Waals surface area contributed by atoms with E-state index in [-0.39, 0.29) is 17.4 Å². The van der Waals surface area contributed by atoms with Crippen molar-refractivity contribution in [1.82, 2.24) is 14.9 Å². The molecule has 0 aromatic carbocycles. The van der Waals surface area contributed by atoms with Crippen molar-refractivity contribution in [2.24, 2.45) is 0 Å². The molecule has 0 unspecified atom stereocenters. The molecule has 14 heavy (non-hydrogen) atoms. The molecule has 1 aromatic heterocycles. The van der Waals surface area contributed by atoms with E-state index in [9.17, 15) is 14.9 Å². The average Bonchev–Trinajstić information content (AvgIpc) is 2.16. The van der Waals surface area contributed by atoms with Gasteiger partial charge in [-0.1, -0.05) is 0 Å². The molecule has 0 atom stereocenters. The first-order valence-electron chi connectivity index (χ1n) is 3.70. The molecular formula is C7H8N4O3. The zero-order valence-electron chi connectivity index (χ0n) is 7.67. The lowest BCUT2D eigenvalue weighted by Gasteiger charge is -2.07. The zero-order valence-corrected chi connectivity index (χ0v) is 7.67. The van der Waals surface area contributed by atoms with Crippen molar-refractivity contribution < 1.29 is 9.72 Å². The fourth-order valence-corrected chi connectivity index (χ4v) is 0.726. The minimum Gasteiger partial charge on any atom is -0.342 e. The highest BCUT2D eigenvalue weighted by molar-refractivity contribution is 5.89. The number of hydrogen-bond acceptors (Lipinski definition) is 5. The van der Waals surface area contributed by atoms with Crippen molar-refractivity contribution in [2.45, 2.75) is 0 Å². The topological polar surface area (TPSA) is 89.2 Å². The Labute approximate surface area is 79.5 Å². The van der Waals surface area contributed by atoms with E-state index in [0.29, 0.717) is 0 Å². The van der Waals surface area contributed by atoms with Gasteiger partial charge in [0.15, 0.2) is 0 Å². The third-order valence-corrected chi connectivity index (χ3v) is 1.45. The van der Waals surface area contributed by atoms with Crippen LogP contribution < -0.4 is 0 Å². The summed E-state index contributed by atoms with van der Waals surface area (Å²) in [4.78, 5) is 29.3. The number of rotatable bonds is 2. The summed E-state index contributed by atoms with van der Waals surface area (Å²) in [6, 6.07) is 0. The van der Waals surface area contributed by atoms with Gasteiger partial charge in [-0.2, -0.15) is 0 Å². The molecule has 1 heterocycles. The number of amides is 1. The number of nitrogens with zero attached hydrogens (tertiary/aromatic N) is 4. The van der Waals surface area contributed by atoms with Crippen LogP contribution in [0.15, 0.2) is 12.4 Å². The van der Waals surface area contributed by atoms with Crippen molar-refractivity contribution in [2.75, 3.05) is 14.1 Å². The van der Waals surface area contributed by atoms with E-state index in [4.69, 9.17) is 0 Å². The molecule has 7 nitrogen and oxygen atoms in total. The maximum absolute atomic E-state index is 11.3. The van der Waals surface area contributed by atoms with Gasteiger partial charge in [0.2, 0.25) is 5.82 Å². The van der Waals surface area contributed by atoms with Crippen LogP contribution in [0.5, 0.6) is 0 Å². The predicted octanol–water partition coefficient (Wildman–Crippen LogP) is 0.0866. The monoisotopic (exact) mass is 196 g/mol. The van der Waals surface area contributed by atoms with Crippen molar-refractivity contribution in [3.05, 3.63) is 28.3 Å². The quantitative estimate of drug-likeness (QED) is 0.493. The molecule has 0 aliphatic heterocycles. The molecule has 1 rings (SSSR count). The second kappa shape index (κ2) is 3.77. The molecule has 0 N–H and O–H groups in total. The van der Waals surface area contributed by atoms with Crippen LogP contribution in [0.3, 0.4) is 0 Å². The van der Waals surface area contributed by atoms with Crippen LogP contribution >= 0.6 is 0 Å². The first-order valence-corrected chi connectivity index (χ1v) is 3.70. The Kier molecular flexibility index (Phi) is 2.70. The van der Waals surface area contributed by atoms with Crippen molar-refractivity contribution in [3.63, 3.8) is 0 Å². The van der Waals surface area contributed by atoms with Crippen LogP contribution in [0.25, 0.3) is 0 Å². The third-order valence-electron chi connectivity index (χ3n) is 1.45. The van der Waals surface area contributed by atoms with Gasteiger partial charge in [-0.15, -0.1) is 0 Å². The van der Waals surface area contributed by atoms with Crippen LogP contribution in [-0.2, 0) is 0 Å². The Morgan fingerprint density at radius 2 is 1.93 bits per heavy atom. The summed E-state index contributed by atoms with van der Waals surface area (Å²) in [5, 5.41) is 10.2. The highest BCUT2D eigenvalue weighted by Crippen LogP contribution is 2.06. The largest absolute Gasteiger partial charge is 0.342 e. The lowest BCUT2D eigenvalue weighted by atomic mass is 10.4. The van der Waals surface area contributed by atoms with Crippen molar-refractivity contribution in [1.29, 1.82) is 0 Å². The summed E-state index contributed by atoms with van der Waals surface area (Å²) < 4.78 is 0. The van der Waals surface area contributed by atoms with Crippen LogP contribution in [0.4, 0.5) is 5.69 Å². The summed E-state index contributed by atoms with van der Waals surface area (Å²) in [5.41, 5.74) is -0.236. The van der Waals surface area contributed by atoms with Gasteiger partial charge in [-0.05, 0) is 0 Å². The molecule has 0 saturated heterocycles. The van der Waals surface area contributed by atoms with Gasteiger partial charge in [0.05, 0.1) is 4.92 Å². The smallest absolute Gasteiger partial charge is 0.305 e. The molecular weight excluding hydrogens is 188 g/mol. The Balaban J connectivity index is 2.94. The molecule has 74 valence electrons. The van der Waals surface area contributed by atoms with Crippen LogP contribution in [0.2, 0.25) is 0 Å². The zero-order chi connectivity index (χ0) is 10.7. The van der Waals surface area contributed by atoms with Gasteiger partial charge in [0, 0.05) is 14.1 Å². The second-order valence-corrected chi connectivity index (χ2v) is 2.72. The van der Waals surface area contributed by atoms with E-state index in [1.54, 1.807) is 14.1 Å². The minimum absolute atomic E-state index is 0.0550. The summed E-state index contributed by atoms with van der Waals surface area (Å²) >= 11 is 0. The molecule has 0 fully saturated rings. The molecule has 0 saturated carbocycles. The van der Waals surface area contributed by atoms with Crippen LogP contribution in [0, 0.1) is 10.1 Å². The Bertz CT molecular complexity index is 360. The minimum atomic E-state index is -0.621. The third kappa shape index (κ3) is 2.00. The van der Waals surface area contributed by atoms with Crippen molar-refractivity contribution in [3.8, 4) is 0 Å². The highest BCUT2D eigenvalue weighted by Gasteiger charge is 2.13. The van der Waals surface area contributed by atoms with Gasteiger partial charge in [0.1, 0.15) is 12.4 Å². The summed E-state index contributed by atoms with van der Waals surface area (Å²) in [6.07, 6.45) is 2.01. The fraction of sp³-hybridized carbons (Fsp3) is 0.286. The van der Waals surface area contributed by atoms with Crippen LogP contribution in [0.1, 0.15) is 10.6 Å². The maximum atomic E-state index is 11.3. The maximum Gasteiger partial charge on any atom is 0.305 e. The standard InChI is InChI=1S/C7H8N4O3/c1-10(2)7(12)6-8-3-5(4-9-6)11(13)14/h3-4H,1-2H3. The first kappa shape index (κ1) is 10.0. The number of nitro groups is 1. The molecule has 0 spiro atoms. The molecule has 0 radical (unpaired) electrons. The lowest BCUT2D eigenvalue weighted by Crippen LogP contribution is -2.23. The lowest BCUT2D eigenvalue weighted by molar-refractivity contribution is -0.385. The van der Waals surface area contributed by atoms with E-state index in [1.165, 1.54) is 4.90 Å². The Morgan fingerprint density at radius 3 is 2.29 bits per heavy atom. The van der Waals surface area contributed by atoms with Gasteiger partial charge >= 0.3 is 5.69 Å². The fourth-order valence-electron chi connectivity index (χ4n) is 0.726. The number of hydrogen-bond donors (Lipinski definition) is 0. The second-order valence-electron chi connectivity index (χ2n) is 2.72.